The van der Waals surface area contributed by atoms with Gasteiger partial charge in [-0.05, 0) is 30.2 Å². The third-order valence-electron chi connectivity index (χ3n) is 4.06. The SMILES string of the molecule is C=CCN(CCc1ccccc1)C(=O)c1ccn(-c2ccccc2Cl)n1. The van der Waals surface area contributed by atoms with Crippen molar-refractivity contribution in [3.63, 3.8) is 0 Å². The zero-order valence-corrected chi connectivity index (χ0v) is 15.1. The Morgan fingerprint density at radius 1 is 1.12 bits per heavy atom. The summed E-state index contributed by atoms with van der Waals surface area (Å²) in [7, 11) is 0. The van der Waals surface area contributed by atoms with Gasteiger partial charge < -0.3 is 4.90 Å². The summed E-state index contributed by atoms with van der Waals surface area (Å²) >= 11 is 6.21. The Morgan fingerprint density at radius 2 is 1.85 bits per heavy atom. The Morgan fingerprint density at radius 3 is 2.58 bits per heavy atom. The van der Waals surface area contributed by atoms with Crippen LogP contribution in [0.3, 0.4) is 0 Å². The van der Waals surface area contributed by atoms with Crippen molar-refractivity contribution in [3.05, 3.63) is 95.8 Å². The van der Waals surface area contributed by atoms with E-state index in [0.717, 1.165) is 12.1 Å². The van der Waals surface area contributed by atoms with E-state index in [1.54, 1.807) is 34.0 Å². The maximum absolute atomic E-state index is 12.9. The number of rotatable bonds is 7. The minimum Gasteiger partial charge on any atom is -0.333 e. The molecular formula is C21H20ClN3O. The fourth-order valence-corrected chi connectivity index (χ4v) is 2.93. The van der Waals surface area contributed by atoms with Crippen LogP contribution in [0.5, 0.6) is 0 Å². The van der Waals surface area contributed by atoms with E-state index < -0.39 is 0 Å². The van der Waals surface area contributed by atoms with E-state index in [0.29, 0.717) is 23.8 Å². The van der Waals surface area contributed by atoms with E-state index in [9.17, 15) is 4.79 Å². The first-order chi connectivity index (χ1) is 12.7. The predicted octanol–water partition coefficient (Wildman–Crippen LogP) is 4.40. The van der Waals surface area contributed by atoms with Crippen molar-refractivity contribution in [1.29, 1.82) is 0 Å². The monoisotopic (exact) mass is 365 g/mol. The molecule has 3 aromatic rings. The summed E-state index contributed by atoms with van der Waals surface area (Å²) in [6.45, 7) is 4.84. The normalized spacial score (nSPS) is 10.5. The molecule has 0 radical (unpaired) electrons. The summed E-state index contributed by atoms with van der Waals surface area (Å²) in [6.07, 6.45) is 4.26. The van der Waals surface area contributed by atoms with Gasteiger partial charge in [-0.3, -0.25) is 4.79 Å². The van der Waals surface area contributed by atoms with Crippen molar-refractivity contribution in [2.75, 3.05) is 13.1 Å². The summed E-state index contributed by atoms with van der Waals surface area (Å²) in [6, 6.07) is 19.2. The number of aromatic nitrogens is 2. The molecular weight excluding hydrogens is 346 g/mol. The Hall–Kier alpha value is -2.85. The third-order valence-corrected chi connectivity index (χ3v) is 4.38. The van der Waals surface area contributed by atoms with Gasteiger partial charge >= 0.3 is 0 Å². The number of benzene rings is 2. The highest BCUT2D eigenvalue weighted by atomic mass is 35.5. The van der Waals surface area contributed by atoms with Crippen LogP contribution in [-0.4, -0.2) is 33.7 Å². The first kappa shape index (κ1) is 18.0. The van der Waals surface area contributed by atoms with E-state index in [1.165, 1.54) is 5.56 Å². The van der Waals surface area contributed by atoms with Crippen LogP contribution in [0.1, 0.15) is 16.1 Å². The zero-order chi connectivity index (χ0) is 18.4. The lowest BCUT2D eigenvalue weighted by Gasteiger charge is -2.20. The molecule has 5 heteroatoms. The minimum atomic E-state index is -0.119. The lowest BCUT2D eigenvalue weighted by molar-refractivity contribution is 0.0769. The van der Waals surface area contributed by atoms with Gasteiger partial charge in [0.05, 0.1) is 10.7 Å². The lowest BCUT2D eigenvalue weighted by Crippen LogP contribution is -2.33. The molecule has 0 bridgehead atoms. The van der Waals surface area contributed by atoms with Gasteiger partial charge in [0.1, 0.15) is 0 Å². The predicted molar refractivity (Wildman–Crippen MR) is 105 cm³/mol. The van der Waals surface area contributed by atoms with Crippen LogP contribution < -0.4 is 0 Å². The molecule has 1 amide bonds. The smallest absolute Gasteiger partial charge is 0.274 e. The van der Waals surface area contributed by atoms with E-state index in [-0.39, 0.29) is 5.91 Å². The molecule has 0 aliphatic carbocycles. The first-order valence-corrected chi connectivity index (χ1v) is 8.81. The fourth-order valence-electron chi connectivity index (χ4n) is 2.71. The van der Waals surface area contributed by atoms with E-state index in [4.69, 9.17) is 11.6 Å². The Kier molecular flexibility index (Phi) is 5.87. The van der Waals surface area contributed by atoms with Gasteiger partial charge in [0.2, 0.25) is 0 Å². The number of hydrogen-bond acceptors (Lipinski definition) is 2. The molecule has 2 aromatic carbocycles. The fraction of sp³-hybridized carbons (Fsp3) is 0.143. The highest BCUT2D eigenvalue weighted by Gasteiger charge is 2.18. The minimum absolute atomic E-state index is 0.119. The van der Waals surface area contributed by atoms with Gasteiger partial charge in [0, 0.05) is 19.3 Å². The van der Waals surface area contributed by atoms with Crippen molar-refractivity contribution in [2.24, 2.45) is 0 Å². The number of halogens is 1. The van der Waals surface area contributed by atoms with Crippen molar-refractivity contribution in [1.82, 2.24) is 14.7 Å². The van der Waals surface area contributed by atoms with Crippen LogP contribution in [0.2, 0.25) is 5.02 Å². The van der Waals surface area contributed by atoms with Gasteiger partial charge in [0.15, 0.2) is 5.69 Å². The van der Waals surface area contributed by atoms with Gasteiger partial charge in [-0.2, -0.15) is 5.10 Å². The largest absolute Gasteiger partial charge is 0.333 e. The van der Waals surface area contributed by atoms with Gasteiger partial charge in [-0.15, -0.1) is 6.58 Å². The van der Waals surface area contributed by atoms with Crippen LogP contribution in [0.4, 0.5) is 0 Å². The topological polar surface area (TPSA) is 38.1 Å². The number of carbonyl (C=O) groups excluding carboxylic acids is 1. The van der Waals surface area contributed by atoms with E-state index in [1.807, 2.05) is 36.4 Å². The number of hydrogen-bond donors (Lipinski definition) is 0. The second-order valence-electron chi connectivity index (χ2n) is 5.87. The van der Waals surface area contributed by atoms with Crippen molar-refractivity contribution < 1.29 is 4.79 Å². The molecule has 26 heavy (non-hydrogen) atoms. The second kappa shape index (κ2) is 8.50. The standard InChI is InChI=1S/C21H20ClN3O/c1-2-14-24(15-12-17-8-4-3-5-9-17)21(26)19-13-16-25(23-19)20-11-7-6-10-18(20)22/h2-11,13,16H,1,12,14-15H2. The molecule has 0 saturated heterocycles. The highest BCUT2D eigenvalue weighted by Crippen LogP contribution is 2.19. The van der Waals surface area contributed by atoms with Crippen molar-refractivity contribution in [3.8, 4) is 5.69 Å². The quantitative estimate of drug-likeness (QED) is 0.582. The third kappa shape index (κ3) is 4.21. The van der Waals surface area contributed by atoms with Gasteiger partial charge in [-0.25, -0.2) is 4.68 Å². The maximum Gasteiger partial charge on any atom is 0.274 e. The van der Waals surface area contributed by atoms with Gasteiger partial charge in [-0.1, -0.05) is 60.1 Å². The molecule has 1 aromatic heterocycles. The first-order valence-electron chi connectivity index (χ1n) is 8.43. The summed E-state index contributed by atoms with van der Waals surface area (Å²) in [5.74, 6) is -0.119. The number of carbonyl (C=O) groups is 1. The lowest BCUT2D eigenvalue weighted by atomic mass is 10.1. The molecule has 0 saturated carbocycles. The van der Waals surface area contributed by atoms with Gasteiger partial charge in [0.25, 0.3) is 5.91 Å². The van der Waals surface area contributed by atoms with Crippen LogP contribution in [0.15, 0.2) is 79.5 Å². The summed E-state index contributed by atoms with van der Waals surface area (Å²) < 4.78 is 1.62. The molecule has 0 aliphatic heterocycles. The Balaban J connectivity index is 1.75. The van der Waals surface area contributed by atoms with Crippen LogP contribution >= 0.6 is 11.6 Å². The molecule has 0 unspecified atom stereocenters. The molecule has 1 heterocycles. The average molecular weight is 366 g/mol. The van der Waals surface area contributed by atoms with E-state index >= 15 is 0 Å². The van der Waals surface area contributed by atoms with Crippen LogP contribution in [-0.2, 0) is 6.42 Å². The van der Waals surface area contributed by atoms with Crippen LogP contribution in [0, 0.1) is 0 Å². The Bertz CT molecular complexity index is 889. The molecule has 0 N–H and O–H groups in total. The number of para-hydroxylation sites is 1. The van der Waals surface area contributed by atoms with Crippen molar-refractivity contribution in [2.45, 2.75) is 6.42 Å². The summed E-state index contributed by atoms with van der Waals surface area (Å²) in [4.78, 5) is 14.6. The zero-order valence-electron chi connectivity index (χ0n) is 14.4. The molecule has 132 valence electrons. The number of nitrogens with zero attached hydrogens (tertiary/aromatic N) is 3. The second-order valence-corrected chi connectivity index (χ2v) is 6.28. The van der Waals surface area contributed by atoms with E-state index in [2.05, 4.69) is 23.8 Å². The number of amides is 1. The average Bonchev–Trinajstić information content (AvgIpc) is 3.15. The molecule has 0 atom stereocenters. The molecule has 3 rings (SSSR count). The molecule has 0 spiro atoms. The Labute approximate surface area is 158 Å². The molecule has 4 nitrogen and oxygen atoms in total. The highest BCUT2D eigenvalue weighted by molar-refractivity contribution is 6.32. The van der Waals surface area contributed by atoms with Crippen molar-refractivity contribution >= 4 is 17.5 Å². The summed E-state index contributed by atoms with van der Waals surface area (Å²) in [5.41, 5.74) is 2.32. The maximum atomic E-state index is 12.9. The molecule has 0 fully saturated rings. The van der Waals surface area contributed by atoms with Crippen LogP contribution in [0.25, 0.3) is 5.69 Å². The summed E-state index contributed by atoms with van der Waals surface area (Å²) in [5, 5.41) is 4.99. The molecule has 0 aliphatic rings.